The van der Waals surface area contributed by atoms with E-state index in [1.165, 1.54) is 6.42 Å². The van der Waals surface area contributed by atoms with E-state index in [9.17, 15) is 4.79 Å². The number of hydrogen-bond donors (Lipinski definition) is 1. The molecule has 2 rings (SSSR count). The van der Waals surface area contributed by atoms with E-state index in [2.05, 4.69) is 12.2 Å². The Morgan fingerprint density at radius 1 is 1.28 bits per heavy atom. The van der Waals surface area contributed by atoms with Crippen molar-refractivity contribution in [2.75, 3.05) is 19.6 Å². The molecule has 0 aliphatic carbocycles. The molecular weight excluding hydrogens is 228 g/mol. The van der Waals surface area contributed by atoms with Crippen LogP contribution in [-0.2, 0) is 4.74 Å². The SMILES string of the molecule is CC1NCCC12CCN(C(=O)OC(C)(C)C)CC2. The van der Waals surface area contributed by atoms with Crippen LogP contribution in [0.5, 0.6) is 0 Å². The molecule has 1 atom stereocenters. The quantitative estimate of drug-likeness (QED) is 0.721. The van der Waals surface area contributed by atoms with E-state index in [0.29, 0.717) is 11.5 Å². The standard InChI is InChI=1S/C14H26N2O2/c1-11-14(5-8-15-11)6-9-16(10-7-14)12(17)18-13(2,3)4/h11,15H,5-10H2,1-4H3. The Labute approximate surface area is 110 Å². The molecule has 0 aromatic carbocycles. The molecular formula is C14H26N2O2. The van der Waals surface area contributed by atoms with Crippen molar-refractivity contribution in [3.05, 3.63) is 0 Å². The molecule has 1 unspecified atom stereocenters. The molecule has 2 heterocycles. The van der Waals surface area contributed by atoms with E-state index in [0.717, 1.165) is 32.5 Å². The average molecular weight is 254 g/mol. The number of nitrogens with one attached hydrogen (secondary N) is 1. The molecule has 2 fully saturated rings. The summed E-state index contributed by atoms with van der Waals surface area (Å²) in [6, 6.07) is 0.582. The molecule has 0 aromatic heterocycles. The maximum absolute atomic E-state index is 12.0. The number of amides is 1. The van der Waals surface area contributed by atoms with Gasteiger partial charge in [0.05, 0.1) is 0 Å². The molecule has 2 aliphatic rings. The van der Waals surface area contributed by atoms with Crippen LogP contribution in [0.1, 0.15) is 47.0 Å². The lowest BCUT2D eigenvalue weighted by molar-refractivity contribution is 0.00899. The second-order valence-electron chi connectivity index (χ2n) is 6.76. The summed E-state index contributed by atoms with van der Waals surface area (Å²) in [7, 11) is 0. The lowest BCUT2D eigenvalue weighted by atomic mass is 9.73. The van der Waals surface area contributed by atoms with Crippen LogP contribution in [0.2, 0.25) is 0 Å². The van der Waals surface area contributed by atoms with Crippen molar-refractivity contribution < 1.29 is 9.53 Å². The Morgan fingerprint density at radius 3 is 2.33 bits per heavy atom. The number of ether oxygens (including phenoxy) is 1. The fourth-order valence-corrected chi connectivity index (χ4v) is 3.11. The monoisotopic (exact) mass is 254 g/mol. The van der Waals surface area contributed by atoms with Crippen molar-refractivity contribution >= 4 is 6.09 Å². The van der Waals surface area contributed by atoms with Crippen molar-refractivity contribution in [1.82, 2.24) is 10.2 Å². The molecule has 4 nitrogen and oxygen atoms in total. The zero-order valence-corrected chi connectivity index (χ0v) is 12.1. The number of piperidine rings is 1. The predicted molar refractivity (Wildman–Crippen MR) is 71.6 cm³/mol. The van der Waals surface area contributed by atoms with Gasteiger partial charge in [0.1, 0.15) is 5.60 Å². The van der Waals surface area contributed by atoms with Gasteiger partial charge in [0.2, 0.25) is 0 Å². The van der Waals surface area contributed by atoms with Crippen LogP contribution in [0.4, 0.5) is 4.79 Å². The first-order chi connectivity index (χ1) is 8.32. The molecule has 0 saturated carbocycles. The molecule has 1 N–H and O–H groups in total. The highest BCUT2D eigenvalue weighted by Gasteiger charge is 2.43. The summed E-state index contributed by atoms with van der Waals surface area (Å²) in [4.78, 5) is 13.8. The fraction of sp³-hybridized carbons (Fsp3) is 0.929. The number of nitrogens with zero attached hydrogens (tertiary/aromatic N) is 1. The minimum absolute atomic E-state index is 0.157. The summed E-state index contributed by atoms with van der Waals surface area (Å²) in [6.07, 6.45) is 3.29. The second-order valence-corrected chi connectivity index (χ2v) is 6.76. The minimum Gasteiger partial charge on any atom is -0.444 e. The van der Waals surface area contributed by atoms with Crippen molar-refractivity contribution in [3.8, 4) is 0 Å². The molecule has 4 heteroatoms. The number of hydrogen-bond acceptors (Lipinski definition) is 3. The van der Waals surface area contributed by atoms with Gasteiger partial charge in [-0.05, 0) is 58.9 Å². The molecule has 2 saturated heterocycles. The first kappa shape index (κ1) is 13.7. The van der Waals surface area contributed by atoms with Gasteiger partial charge in [-0.25, -0.2) is 4.79 Å². The summed E-state index contributed by atoms with van der Waals surface area (Å²) in [5.41, 5.74) is 0.0208. The molecule has 104 valence electrons. The zero-order valence-electron chi connectivity index (χ0n) is 12.1. The van der Waals surface area contributed by atoms with E-state index >= 15 is 0 Å². The highest BCUT2D eigenvalue weighted by atomic mass is 16.6. The van der Waals surface area contributed by atoms with Crippen molar-refractivity contribution in [1.29, 1.82) is 0 Å². The maximum atomic E-state index is 12.0. The Balaban J connectivity index is 1.89. The van der Waals surface area contributed by atoms with E-state index in [1.54, 1.807) is 0 Å². The molecule has 2 aliphatic heterocycles. The summed E-state index contributed by atoms with van der Waals surface area (Å²) in [6.45, 7) is 10.8. The van der Waals surface area contributed by atoms with Crippen LogP contribution in [0.3, 0.4) is 0 Å². The second kappa shape index (κ2) is 4.72. The van der Waals surface area contributed by atoms with Gasteiger partial charge in [-0.3, -0.25) is 0 Å². The maximum Gasteiger partial charge on any atom is 0.410 e. The van der Waals surface area contributed by atoms with Crippen LogP contribution in [0, 0.1) is 5.41 Å². The Morgan fingerprint density at radius 2 is 1.89 bits per heavy atom. The zero-order chi connectivity index (χ0) is 13.4. The number of rotatable bonds is 0. The van der Waals surface area contributed by atoms with Gasteiger partial charge < -0.3 is 15.0 Å². The minimum atomic E-state index is -0.394. The average Bonchev–Trinajstić information content (AvgIpc) is 2.59. The van der Waals surface area contributed by atoms with Crippen LogP contribution in [-0.4, -0.2) is 42.3 Å². The lowest BCUT2D eigenvalue weighted by Crippen LogP contribution is -2.48. The van der Waals surface area contributed by atoms with E-state index in [4.69, 9.17) is 4.74 Å². The van der Waals surface area contributed by atoms with Crippen molar-refractivity contribution in [2.45, 2.75) is 58.6 Å². The Kier molecular flexibility index (Phi) is 3.58. The first-order valence-electron chi connectivity index (χ1n) is 7.04. The van der Waals surface area contributed by atoms with Gasteiger partial charge in [0.25, 0.3) is 0 Å². The third-order valence-electron chi connectivity index (χ3n) is 4.40. The number of likely N-dealkylation sites (tertiary alicyclic amines) is 1. The smallest absolute Gasteiger partial charge is 0.410 e. The van der Waals surface area contributed by atoms with E-state index in [-0.39, 0.29) is 6.09 Å². The molecule has 1 spiro atoms. The van der Waals surface area contributed by atoms with Crippen LogP contribution < -0.4 is 5.32 Å². The Bertz CT molecular complexity index is 314. The fourth-order valence-electron chi connectivity index (χ4n) is 3.11. The highest BCUT2D eigenvalue weighted by Crippen LogP contribution is 2.41. The molecule has 0 bridgehead atoms. The Hall–Kier alpha value is -0.770. The number of carbonyl (C=O) groups excluding carboxylic acids is 1. The van der Waals surface area contributed by atoms with Crippen molar-refractivity contribution in [3.63, 3.8) is 0 Å². The summed E-state index contributed by atoms with van der Waals surface area (Å²) >= 11 is 0. The summed E-state index contributed by atoms with van der Waals surface area (Å²) in [5.74, 6) is 0. The van der Waals surface area contributed by atoms with Crippen LogP contribution in [0.15, 0.2) is 0 Å². The highest BCUT2D eigenvalue weighted by molar-refractivity contribution is 5.68. The number of carbonyl (C=O) groups is 1. The van der Waals surface area contributed by atoms with Gasteiger partial charge in [0.15, 0.2) is 0 Å². The molecule has 18 heavy (non-hydrogen) atoms. The first-order valence-corrected chi connectivity index (χ1v) is 7.04. The van der Waals surface area contributed by atoms with Crippen LogP contribution in [0.25, 0.3) is 0 Å². The van der Waals surface area contributed by atoms with Gasteiger partial charge >= 0.3 is 6.09 Å². The van der Waals surface area contributed by atoms with Gasteiger partial charge in [-0.2, -0.15) is 0 Å². The van der Waals surface area contributed by atoms with E-state index < -0.39 is 5.60 Å². The predicted octanol–water partition coefficient (Wildman–Crippen LogP) is 2.39. The third kappa shape index (κ3) is 2.79. The van der Waals surface area contributed by atoms with Crippen LogP contribution >= 0.6 is 0 Å². The van der Waals surface area contributed by atoms with E-state index in [1.807, 2.05) is 25.7 Å². The normalized spacial score (nSPS) is 27.6. The summed E-state index contributed by atoms with van der Waals surface area (Å²) in [5, 5.41) is 3.53. The van der Waals surface area contributed by atoms with Gasteiger partial charge in [0, 0.05) is 19.1 Å². The molecule has 1 amide bonds. The molecule has 0 aromatic rings. The topological polar surface area (TPSA) is 41.6 Å². The van der Waals surface area contributed by atoms with Crippen molar-refractivity contribution in [2.24, 2.45) is 5.41 Å². The lowest BCUT2D eigenvalue weighted by Gasteiger charge is -2.41. The van der Waals surface area contributed by atoms with Gasteiger partial charge in [-0.1, -0.05) is 0 Å². The van der Waals surface area contributed by atoms with Gasteiger partial charge in [-0.15, -0.1) is 0 Å². The summed E-state index contributed by atoms with van der Waals surface area (Å²) < 4.78 is 5.43. The largest absolute Gasteiger partial charge is 0.444 e. The third-order valence-corrected chi connectivity index (χ3v) is 4.40. The molecule has 0 radical (unpaired) electrons.